The summed E-state index contributed by atoms with van der Waals surface area (Å²) in [5, 5.41) is 0. The molecule has 0 fully saturated rings. The SMILES string of the molecule is O=C1c2ccccc2C(=O)N1CCOc1cccc2c1CCC2. The molecule has 0 saturated carbocycles. The first-order chi connectivity index (χ1) is 11.3. The van der Waals surface area contributed by atoms with Gasteiger partial charge in [0.25, 0.3) is 11.8 Å². The van der Waals surface area contributed by atoms with Crippen molar-refractivity contribution in [3.8, 4) is 5.75 Å². The molecule has 2 aromatic rings. The number of amides is 2. The molecule has 23 heavy (non-hydrogen) atoms. The van der Waals surface area contributed by atoms with Gasteiger partial charge in [-0.2, -0.15) is 0 Å². The lowest BCUT2D eigenvalue weighted by Gasteiger charge is -2.16. The van der Waals surface area contributed by atoms with Crippen LogP contribution in [0.1, 0.15) is 38.3 Å². The lowest BCUT2D eigenvalue weighted by molar-refractivity contribution is 0.0631. The second-order valence-electron chi connectivity index (χ2n) is 5.90. The number of hydrogen-bond acceptors (Lipinski definition) is 3. The lowest BCUT2D eigenvalue weighted by atomic mass is 10.1. The van der Waals surface area contributed by atoms with Crippen molar-refractivity contribution in [2.45, 2.75) is 19.3 Å². The molecule has 1 heterocycles. The van der Waals surface area contributed by atoms with E-state index in [-0.39, 0.29) is 18.4 Å². The second-order valence-corrected chi connectivity index (χ2v) is 5.90. The van der Waals surface area contributed by atoms with Gasteiger partial charge in [-0.15, -0.1) is 0 Å². The van der Waals surface area contributed by atoms with Crippen LogP contribution >= 0.6 is 0 Å². The number of benzene rings is 2. The maximum atomic E-state index is 12.3. The number of aryl methyl sites for hydroxylation is 1. The summed E-state index contributed by atoms with van der Waals surface area (Å²) in [5.74, 6) is 0.427. The van der Waals surface area contributed by atoms with E-state index in [9.17, 15) is 9.59 Å². The molecule has 0 spiro atoms. The molecule has 0 bridgehead atoms. The number of nitrogens with zero attached hydrogens (tertiary/aromatic N) is 1. The summed E-state index contributed by atoms with van der Waals surface area (Å²) >= 11 is 0. The Morgan fingerprint density at radius 3 is 2.39 bits per heavy atom. The molecular weight excluding hydrogens is 290 g/mol. The zero-order chi connectivity index (χ0) is 15.8. The smallest absolute Gasteiger partial charge is 0.261 e. The van der Waals surface area contributed by atoms with Gasteiger partial charge < -0.3 is 4.74 Å². The molecule has 2 aromatic carbocycles. The van der Waals surface area contributed by atoms with Gasteiger partial charge in [-0.25, -0.2) is 0 Å². The van der Waals surface area contributed by atoms with Gasteiger partial charge in [0.2, 0.25) is 0 Å². The Labute approximate surface area is 134 Å². The van der Waals surface area contributed by atoms with Crippen LogP contribution in [-0.4, -0.2) is 29.9 Å². The first-order valence-corrected chi connectivity index (χ1v) is 7.94. The van der Waals surface area contributed by atoms with Crippen molar-refractivity contribution in [3.63, 3.8) is 0 Å². The van der Waals surface area contributed by atoms with E-state index in [1.165, 1.54) is 16.0 Å². The quantitative estimate of drug-likeness (QED) is 0.816. The highest BCUT2D eigenvalue weighted by atomic mass is 16.5. The van der Waals surface area contributed by atoms with Gasteiger partial charge in [-0.05, 0) is 48.6 Å². The largest absolute Gasteiger partial charge is 0.491 e. The van der Waals surface area contributed by atoms with E-state index in [2.05, 4.69) is 6.07 Å². The molecule has 0 atom stereocenters. The van der Waals surface area contributed by atoms with Crippen molar-refractivity contribution in [1.29, 1.82) is 0 Å². The predicted octanol–water partition coefficient (Wildman–Crippen LogP) is 2.85. The van der Waals surface area contributed by atoms with Crippen LogP contribution in [0.15, 0.2) is 42.5 Å². The summed E-state index contributed by atoms with van der Waals surface area (Å²) < 4.78 is 5.86. The summed E-state index contributed by atoms with van der Waals surface area (Å²) in [7, 11) is 0. The number of carbonyl (C=O) groups is 2. The summed E-state index contributed by atoms with van der Waals surface area (Å²) in [6.07, 6.45) is 3.30. The molecule has 0 radical (unpaired) electrons. The topological polar surface area (TPSA) is 46.6 Å². The standard InChI is InChI=1S/C19H17NO3/c21-18-15-7-1-2-8-16(15)19(22)20(18)11-12-23-17-10-4-6-13-5-3-9-14(13)17/h1-2,4,6-8,10H,3,5,9,11-12H2. The van der Waals surface area contributed by atoms with E-state index in [4.69, 9.17) is 4.74 Å². The Kier molecular flexibility index (Phi) is 3.37. The van der Waals surface area contributed by atoms with Gasteiger partial charge in [-0.3, -0.25) is 14.5 Å². The molecule has 1 aliphatic carbocycles. The molecule has 0 N–H and O–H groups in total. The van der Waals surface area contributed by atoms with Gasteiger partial charge in [0, 0.05) is 0 Å². The Hall–Kier alpha value is -2.62. The molecule has 2 aliphatic rings. The van der Waals surface area contributed by atoms with Crippen LogP contribution in [0.2, 0.25) is 0 Å². The summed E-state index contributed by atoms with van der Waals surface area (Å²) in [6.45, 7) is 0.595. The monoisotopic (exact) mass is 307 g/mol. The number of fused-ring (bicyclic) bond motifs is 2. The molecular formula is C19H17NO3. The van der Waals surface area contributed by atoms with E-state index in [1.807, 2.05) is 12.1 Å². The molecule has 0 saturated heterocycles. The number of hydrogen-bond donors (Lipinski definition) is 0. The third-order valence-electron chi connectivity index (χ3n) is 4.55. The highest BCUT2D eigenvalue weighted by molar-refractivity contribution is 6.21. The van der Waals surface area contributed by atoms with Crippen molar-refractivity contribution in [2.24, 2.45) is 0 Å². The summed E-state index contributed by atoms with van der Waals surface area (Å²) in [6, 6.07) is 13.0. The van der Waals surface area contributed by atoms with Gasteiger partial charge in [0.1, 0.15) is 12.4 Å². The van der Waals surface area contributed by atoms with Gasteiger partial charge in [-0.1, -0.05) is 24.3 Å². The molecule has 1 aliphatic heterocycles. The van der Waals surface area contributed by atoms with E-state index < -0.39 is 0 Å². The normalized spacial score (nSPS) is 15.7. The summed E-state index contributed by atoms with van der Waals surface area (Å²) in [4.78, 5) is 25.8. The molecule has 4 nitrogen and oxygen atoms in total. The fourth-order valence-electron chi connectivity index (χ4n) is 3.41. The summed E-state index contributed by atoms with van der Waals surface area (Å²) in [5.41, 5.74) is 3.59. The lowest BCUT2D eigenvalue weighted by Crippen LogP contribution is -2.33. The van der Waals surface area contributed by atoms with Crippen molar-refractivity contribution < 1.29 is 14.3 Å². The molecule has 0 unspecified atom stereocenters. The average molecular weight is 307 g/mol. The van der Waals surface area contributed by atoms with Crippen molar-refractivity contribution in [2.75, 3.05) is 13.2 Å². The predicted molar refractivity (Wildman–Crippen MR) is 85.8 cm³/mol. The van der Waals surface area contributed by atoms with E-state index >= 15 is 0 Å². The van der Waals surface area contributed by atoms with E-state index in [0.29, 0.717) is 17.7 Å². The molecule has 0 aromatic heterocycles. The van der Waals surface area contributed by atoms with Crippen LogP contribution in [0.3, 0.4) is 0 Å². The fraction of sp³-hybridized carbons (Fsp3) is 0.263. The Morgan fingerprint density at radius 1 is 0.913 bits per heavy atom. The van der Waals surface area contributed by atoms with Crippen molar-refractivity contribution >= 4 is 11.8 Å². The first-order valence-electron chi connectivity index (χ1n) is 7.94. The number of ether oxygens (including phenoxy) is 1. The van der Waals surface area contributed by atoms with Gasteiger partial charge in [0.15, 0.2) is 0 Å². The minimum atomic E-state index is -0.229. The van der Waals surface area contributed by atoms with Crippen LogP contribution < -0.4 is 4.74 Å². The van der Waals surface area contributed by atoms with Gasteiger partial charge in [0.05, 0.1) is 17.7 Å². The first kappa shape index (κ1) is 14.0. The van der Waals surface area contributed by atoms with Crippen molar-refractivity contribution in [1.82, 2.24) is 4.90 Å². The van der Waals surface area contributed by atoms with E-state index in [0.717, 1.165) is 25.0 Å². The third kappa shape index (κ3) is 2.31. The number of rotatable bonds is 4. The van der Waals surface area contributed by atoms with E-state index in [1.54, 1.807) is 24.3 Å². The van der Waals surface area contributed by atoms with Crippen LogP contribution in [0.25, 0.3) is 0 Å². The highest BCUT2D eigenvalue weighted by Gasteiger charge is 2.34. The zero-order valence-electron chi connectivity index (χ0n) is 12.7. The highest BCUT2D eigenvalue weighted by Crippen LogP contribution is 2.30. The minimum Gasteiger partial charge on any atom is -0.491 e. The number of imide groups is 1. The average Bonchev–Trinajstić information content (AvgIpc) is 3.15. The minimum absolute atomic E-state index is 0.229. The molecule has 2 amide bonds. The Balaban J connectivity index is 1.44. The van der Waals surface area contributed by atoms with Crippen LogP contribution in [0, 0.1) is 0 Å². The van der Waals surface area contributed by atoms with Crippen LogP contribution in [0.5, 0.6) is 5.75 Å². The Bertz CT molecular complexity index is 762. The second kappa shape index (κ2) is 5.54. The molecule has 4 heteroatoms. The Morgan fingerprint density at radius 2 is 1.65 bits per heavy atom. The van der Waals surface area contributed by atoms with Crippen LogP contribution in [0.4, 0.5) is 0 Å². The fourth-order valence-corrected chi connectivity index (χ4v) is 3.41. The molecule has 4 rings (SSSR count). The van der Waals surface area contributed by atoms with Crippen molar-refractivity contribution in [3.05, 3.63) is 64.7 Å². The zero-order valence-corrected chi connectivity index (χ0v) is 12.7. The molecule has 116 valence electrons. The maximum Gasteiger partial charge on any atom is 0.261 e. The van der Waals surface area contributed by atoms with Gasteiger partial charge >= 0.3 is 0 Å². The van der Waals surface area contributed by atoms with Crippen LogP contribution in [-0.2, 0) is 12.8 Å². The third-order valence-corrected chi connectivity index (χ3v) is 4.55. The maximum absolute atomic E-state index is 12.3. The number of carbonyl (C=O) groups excluding carboxylic acids is 2.